The van der Waals surface area contributed by atoms with Gasteiger partial charge in [-0.15, -0.1) is 0 Å². The van der Waals surface area contributed by atoms with Crippen LogP contribution in [0.25, 0.3) is 0 Å². The first-order valence-corrected chi connectivity index (χ1v) is 6.86. The molecule has 0 radical (unpaired) electrons. The Labute approximate surface area is 103 Å². The van der Waals surface area contributed by atoms with E-state index in [0.29, 0.717) is 6.04 Å². The van der Waals surface area contributed by atoms with Crippen LogP contribution >= 0.6 is 0 Å². The van der Waals surface area contributed by atoms with Crippen molar-refractivity contribution >= 4 is 5.91 Å². The molecule has 2 atom stereocenters. The Morgan fingerprint density at radius 2 is 2.18 bits per heavy atom. The second-order valence-electron chi connectivity index (χ2n) is 5.05. The molecule has 1 N–H and O–H groups in total. The van der Waals surface area contributed by atoms with E-state index in [1.165, 1.54) is 0 Å². The van der Waals surface area contributed by atoms with Gasteiger partial charge in [0.05, 0.1) is 0 Å². The van der Waals surface area contributed by atoms with Crippen LogP contribution in [0.15, 0.2) is 0 Å². The Balaban J connectivity index is 1.88. The molecule has 2 heterocycles. The molecule has 98 valence electrons. The minimum Gasteiger partial charge on any atom is -0.396 e. The molecule has 2 unspecified atom stereocenters. The second-order valence-corrected chi connectivity index (χ2v) is 5.05. The third kappa shape index (κ3) is 3.19. The molecule has 0 aromatic carbocycles. The monoisotopic (exact) mass is 241 g/mol. The van der Waals surface area contributed by atoms with Crippen LogP contribution in [0.2, 0.25) is 0 Å². The van der Waals surface area contributed by atoms with Crippen molar-refractivity contribution in [1.82, 2.24) is 4.90 Å². The van der Waals surface area contributed by atoms with Crippen LogP contribution in [-0.2, 0) is 9.53 Å². The molecular formula is C13H23NO3. The summed E-state index contributed by atoms with van der Waals surface area (Å²) in [6.45, 7) is 1.82. The Morgan fingerprint density at radius 1 is 1.29 bits per heavy atom. The number of rotatable bonds is 4. The number of hydrogen-bond acceptors (Lipinski definition) is 3. The summed E-state index contributed by atoms with van der Waals surface area (Å²) in [5.74, 6) is 0.185. The molecule has 2 aliphatic heterocycles. The number of nitrogens with zero attached hydrogens (tertiary/aromatic N) is 1. The number of hydrogen-bond donors (Lipinski definition) is 1. The van der Waals surface area contributed by atoms with Crippen LogP contribution in [0.1, 0.15) is 44.9 Å². The smallest absolute Gasteiger partial charge is 0.251 e. The Hall–Kier alpha value is -0.610. The van der Waals surface area contributed by atoms with E-state index in [4.69, 9.17) is 9.84 Å². The lowest BCUT2D eigenvalue weighted by molar-refractivity contribution is -0.147. The molecule has 4 heteroatoms. The molecule has 0 bridgehead atoms. The molecule has 17 heavy (non-hydrogen) atoms. The third-order valence-electron chi connectivity index (χ3n) is 3.81. The number of amides is 1. The first kappa shape index (κ1) is 12.8. The second kappa shape index (κ2) is 6.36. The zero-order valence-electron chi connectivity index (χ0n) is 10.4. The Bertz CT molecular complexity index is 251. The standard InChI is InChI=1S/C13H23NO3/c15-9-4-6-11-5-3-8-14(11)13(16)12-7-1-2-10-17-12/h11-12,15H,1-10H2. The van der Waals surface area contributed by atoms with Gasteiger partial charge in [-0.1, -0.05) is 0 Å². The highest BCUT2D eigenvalue weighted by Gasteiger charge is 2.33. The summed E-state index contributed by atoms with van der Waals surface area (Å²) in [5.41, 5.74) is 0. The Kier molecular flexibility index (Phi) is 4.80. The molecule has 2 rings (SSSR count). The normalized spacial score (nSPS) is 29.6. The topological polar surface area (TPSA) is 49.8 Å². The lowest BCUT2D eigenvalue weighted by Gasteiger charge is -2.30. The average molecular weight is 241 g/mol. The van der Waals surface area contributed by atoms with E-state index in [9.17, 15) is 4.79 Å². The van der Waals surface area contributed by atoms with Gasteiger partial charge in [-0.05, 0) is 44.9 Å². The number of aliphatic hydroxyl groups is 1. The fourth-order valence-corrected chi connectivity index (χ4v) is 2.87. The van der Waals surface area contributed by atoms with Crippen molar-refractivity contribution in [2.75, 3.05) is 19.8 Å². The molecule has 0 spiro atoms. The van der Waals surface area contributed by atoms with Gasteiger partial charge in [-0.25, -0.2) is 0 Å². The van der Waals surface area contributed by atoms with Crippen LogP contribution in [-0.4, -0.2) is 47.8 Å². The maximum absolute atomic E-state index is 12.3. The van der Waals surface area contributed by atoms with Gasteiger partial charge in [-0.3, -0.25) is 4.79 Å². The highest BCUT2D eigenvalue weighted by atomic mass is 16.5. The van der Waals surface area contributed by atoms with Crippen molar-refractivity contribution in [2.24, 2.45) is 0 Å². The maximum Gasteiger partial charge on any atom is 0.251 e. The summed E-state index contributed by atoms with van der Waals surface area (Å²) < 4.78 is 5.56. The summed E-state index contributed by atoms with van der Waals surface area (Å²) in [7, 11) is 0. The average Bonchev–Trinajstić information content (AvgIpc) is 2.84. The highest BCUT2D eigenvalue weighted by molar-refractivity contribution is 5.81. The molecular weight excluding hydrogens is 218 g/mol. The van der Waals surface area contributed by atoms with Crippen LogP contribution in [0.5, 0.6) is 0 Å². The molecule has 2 aliphatic rings. The minimum atomic E-state index is -0.196. The predicted octanol–water partition coefficient (Wildman–Crippen LogP) is 1.32. The summed E-state index contributed by atoms with van der Waals surface area (Å²) in [6, 6.07) is 0.333. The van der Waals surface area contributed by atoms with Crippen molar-refractivity contribution in [2.45, 2.75) is 57.1 Å². The van der Waals surface area contributed by atoms with Gasteiger partial charge in [0, 0.05) is 25.8 Å². The fraction of sp³-hybridized carbons (Fsp3) is 0.923. The van der Waals surface area contributed by atoms with Crippen LogP contribution in [0.4, 0.5) is 0 Å². The number of carbonyl (C=O) groups excluding carboxylic acids is 1. The van der Waals surface area contributed by atoms with Crippen LogP contribution in [0, 0.1) is 0 Å². The quantitative estimate of drug-likeness (QED) is 0.807. The van der Waals surface area contributed by atoms with Gasteiger partial charge in [0.15, 0.2) is 0 Å². The zero-order valence-corrected chi connectivity index (χ0v) is 10.4. The maximum atomic E-state index is 12.3. The van der Waals surface area contributed by atoms with Crippen LogP contribution < -0.4 is 0 Å². The molecule has 0 aromatic rings. The van der Waals surface area contributed by atoms with Gasteiger partial charge < -0.3 is 14.7 Å². The largest absolute Gasteiger partial charge is 0.396 e. The van der Waals surface area contributed by atoms with Gasteiger partial charge in [0.1, 0.15) is 6.10 Å². The number of aliphatic hydroxyl groups excluding tert-OH is 1. The molecule has 2 saturated heterocycles. The van der Waals surface area contributed by atoms with Crippen molar-refractivity contribution in [1.29, 1.82) is 0 Å². The summed E-state index contributed by atoms with van der Waals surface area (Å²) in [6.07, 6.45) is 6.76. The third-order valence-corrected chi connectivity index (χ3v) is 3.81. The predicted molar refractivity (Wildman–Crippen MR) is 64.6 cm³/mol. The lowest BCUT2D eigenvalue weighted by Crippen LogP contribution is -2.44. The van der Waals surface area contributed by atoms with E-state index in [1.807, 2.05) is 4.90 Å². The highest BCUT2D eigenvalue weighted by Crippen LogP contribution is 2.24. The van der Waals surface area contributed by atoms with E-state index in [0.717, 1.165) is 58.1 Å². The summed E-state index contributed by atoms with van der Waals surface area (Å²) >= 11 is 0. The van der Waals surface area contributed by atoms with Gasteiger partial charge >= 0.3 is 0 Å². The molecule has 0 saturated carbocycles. The molecule has 1 amide bonds. The molecule has 0 aliphatic carbocycles. The van der Waals surface area contributed by atoms with Gasteiger partial charge in [0.2, 0.25) is 0 Å². The number of likely N-dealkylation sites (tertiary alicyclic amines) is 1. The fourth-order valence-electron chi connectivity index (χ4n) is 2.87. The van der Waals surface area contributed by atoms with Crippen molar-refractivity contribution in [3.63, 3.8) is 0 Å². The Morgan fingerprint density at radius 3 is 2.88 bits per heavy atom. The zero-order chi connectivity index (χ0) is 12.1. The SMILES string of the molecule is O=C(C1CCCCO1)N1CCCC1CCCO. The van der Waals surface area contributed by atoms with Crippen molar-refractivity contribution < 1.29 is 14.6 Å². The first-order valence-electron chi connectivity index (χ1n) is 6.86. The minimum absolute atomic E-state index is 0.185. The van der Waals surface area contributed by atoms with E-state index in [-0.39, 0.29) is 18.6 Å². The van der Waals surface area contributed by atoms with Crippen molar-refractivity contribution in [3.8, 4) is 0 Å². The van der Waals surface area contributed by atoms with Gasteiger partial charge in [-0.2, -0.15) is 0 Å². The molecule has 0 aromatic heterocycles. The molecule has 2 fully saturated rings. The summed E-state index contributed by atoms with van der Waals surface area (Å²) in [4.78, 5) is 14.3. The van der Waals surface area contributed by atoms with E-state index in [2.05, 4.69) is 0 Å². The van der Waals surface area contributed by atoms with E-state index < -0.39 is 0 Å². The van der Waals surface area contributed by atoms with Gasteiger partial charge in [0.25, 0.3) is 5.91 Å². The van der Waals surface area contributed by atoms with Crippen LogP contribution in [0.3, 0.4) is 0 Å². The lowest BCUT2D eigenvalue weighted by atomic mass is 10.1. The van der Waals surface area contributed by atoms with Crippen molar-refractivity contribution in [3.05, 3.63) is 0 Å². The number of ether oxygens (including phenoxy) is 1. The first-order chi connectivity index (χ1) is 8.33. The molecule has 4 nitrogen and oxygen atoms in total. The van der Waals surface area contributed by atoms with E-state index in [1.54, 1.807) is 0 Å². The summed E-state index contributed by atoms with van der Waals surface area (Å²) in [5, 5.41) is 8.87. The van der Waals surface area contributed by atoms with E-state index >= 15 is 0 Å². The number of carbonyl (C=O) groups is 1.